The molecule has 0 unspecified atom stereocenters. The predicted octanol–water partition coefficient (Wildman–Crippen LogP) is 3.48. The fourth-order valence-corrected chi connectivity index (χ4v) is 3.72. The molecular formula is C17H13BrF3N3O2. The van der Waals surface area contributed by atoms with E-state index in [1.165, 1.54) is 17.0 Å². The van der Waals surface area contributed by atoms with E-state index < -0.39 is 23.9 Å². The standard InChI is InChI=1S/C17H13BrF3N3O2/c18-14-6-5-12-15(22-14)23-8-11(25)7-13(23)16(26)24(12)10-3-1-9(2-4-10)17(19,20)21/h1-6,11,13,25H,7-8H2/t11-,13+/m0/s1. The lowest BCUT2D eigenvalue weighted by Crippen LogP contribution is -2.49. The Bertz CT molecular complexity index is 873. The van der Waals surface area contributed by atoms with Gasteiger partial charge in [0.25, 0.3) is 5.91 Å². The van der Waals surface area contributed by atoms with Crippen molar-refractivity contribution in [2.24, 2.45) is 0 Å². The molecule has 1 aromatic heterocycles. The van der Waals surface area contributed by atoms with Crippen LogP contribution >= 0.6 is 15.9 Å². The molecule has 2 aliphatic heterocycles. The molecule has 1 amide bonds. The second kappa shape index (κ2) is 5.95. The SMILES string of the molecule is O=C1[C@H]2C[C@H](O)CN2c2nc(Br)ccc2N1c1ccc(C(F)(F)F)cc1. The Labute approximate surface area is 155 Å². The molecule has 2 aliphatic rings. The topological polar surface area (TPSA) is 56.7 Å². The van der Waals surface area contributed by atoms with E-state index in [4.69, 9.17) is 0 Å². The van der Waals surface area contributed by atoms with Gasteiger partial charge in [-0.3, -0.25) is 9.69 Å². The highest BCUT2D eigenvalue weighted by molar-refractivity contribution is 9.10. The quantitative estimate of drug-likeness (QED) is 0.707. The zero-order valence-electron chi connectivity index (χ0n) is 13.2. The molecule has 5 nitrogen and oxygen atoms in total. The molecule has 9 heteroatoms. The molecular weight excluding hydrogens is 415 g/mol. The summed E-state index contributed by atoms with van der Waals surface area (Å²) in [5.41, 5.74) is 0.0236. The number of alkyl halides is 3. The fraction of sp³-hybridized carbons (Fsp3) is 0.294. The lowest BCUT2D eigenvalue weighted by molar-refractivity contribution is -0.137. The molecule has 2 atom stereocenters. The zero-order valence-corrected chi connectivity index (χ0v) is 14.8. The Balaban J connectivity index is 1.81. The van der Waals surface area contributed by atoms with Crippen molar-refractivity contribution in [2.75, 3.05) is 16.3 Å². The smallest absolute Gasteiger partial charge is 0.391 e. The van der Waals surface area contributed by atoms with Crippen molar-refractivity contribution in [2.45, 2.75) is 24.7 Å². The lowest BCUT2D eigenvalue weighted by atomic mass is 10.1. The minimum absolute atomic E-state index is 0.254. The van der Waals surface area contributed by atoms with E-state index in [9.17, 15) is 23.1 Å². The van der Waals surface area contributed by atoms with Crippen LogP contribution in [-0.2, 0) is 11.0 Å². The molecule has 0 radical (unpaired) electrons. The number of aromatic nitrogens is 1. The highest BCUT2D eigenvalue weighted by atomic mass is 79.9. The lowest BCUT2D eigenvalue weighted by Gasteiger charge is -2.38. The van der Waals surface area contributed by atoms with Crippen LogP contribution in [0, 0.1) is 0 Å². The number of rotatable bonds is 1. The van der Waals surface area contributed by atoms with Crippen LogP contribution in [0.25, 0.3) is 0 Å². The summed E-state index contributed by atoms with van der Waals surface area (Å²) in [5, 5.41) is 9.98. The van der Waals surface area contributed by atoms with Gasteiger partial charge in [0.2, 0.25) is 0 Å². The number of hydrogen-bond donors (Lipinski definition) is 1. The van der Waals surface area contributed by atoms with Gasteiger partial charge in [-0.2, -0.15) is 13.2 Å². The molecule has 0 bridgehead atoms. The molecule has 136 valence electrons. The molecule has 2 aromatic rings. The fourth-order valence-electron chi connectivity index (χ4n) is 3.42. The average molecular weight is 428 g/mol. The van der Waals surface area contributed by atoms with Crippen molar-refractivity contribution < 1.29 is 23.1 Å². The van der Waals surface area contributed by atoms with E-state index in [0.29, 0.717) is 21.8 Å². The molecule has 1 fully saturated rings. The highest BCUT2D eigenvalue weighted by Crippen LogP contribution is 2.43. The summed E-state index contributed by atoms with van der Waals surface area (Å²) in [6, 6.07) is 7.19. The van der Waals surface area contributed by atoms with Gasteiger partial charge in [-0.05, 0) is 52.3 Å². The molecule has 26 heavy (non-hydrogen) atoms. The van der Waals surface area contributed by atoms with E-state index in [-0.39, 0.29) is 18.9 Å². The summed E-state index contributed by atoms with van der Waals surface area (Å²) in [6.45, 7) is 0.285. The van der Waals surface area contributed by atoms with Gasteiger partial charge in [0.15, 0.2) is 5.82 Å². The number of benzene rings is 1. The monoisotopic (exact) mass is 427 g/mol. The average Bonchev–Trinajstić information content (AvgIpc) is 2.98. The summed E-state index contributed by atoms with van der Waals surface area (Å²) in [6.07, 6.45) is -4.85. The Hall–Kier alpha value is -2.13. The van der Waals surface area contributed by atoms with Gasteiger partial charge >= 0.3 is 6.18 Å². The largest absolute Gasteiger partial charge is 0.416 e. The van der Waals surface area contributed by atoms with Crippen LogP contribution in [0.1, 0.15) is 12.0 Å². The van der Waals surface area contributed by atoms with Crippen molar-refractivity contribution in [1.29, 1.82) is 0 Å². The maximum atomic E-state index is 13.0. The summed E-state index contributed by atoms with van der Waals surface area (Å²) < 4.78 is 39.0. The molecule has 3 heterocycles. The van der Waals surface area contributed by atoms with Crippen LogP contribution < -0.4 is 9.80 Å². The molecule has 1 aromatic carbocycles. The van der Waals surface area contributed by atoms with Crippen LogP contribution in [-0.4, -0.2) is 34.7 Å². The number of halogens is 4. The number of carbonyl (C=O) groups is 1. The maximum Gasteiger partial charge on any atom is 0.416 e. The van der Waals surface area contributed by atoms with E-state index in [0.717, 1.165) is 12.1 Å². The summed E-state index contributed by atoms with van der Waals surface area (Å²) in [5.74, 6) is 0.221. The number of aliphatic hydroxyl groups is 1. The normalized spacial score (nSPS) is 22.4. The number of pyridine rings is 1. The first-order valence-electron chi connectivity index (χ1n) is 7.88. The van der Waals surface area contributed by atoms with Gasteiger partial charge in [0.1, 0.15) is 10.6 Å². The number of hydrogen-bond acceptors (Lipinski definition) is 4. The van der Waals surface area contributed by atoms with Gasteiger partial charge in [-0.1, -0.05) is 0 Å². The number of nitrogens with zero attached hydrogens (tertiary/aromatic N) is 3. The van der Waals surface area contributed by atoms with Crippen LogP contribution in [0.5, 0.6) is 0 Å². The van der Waals surface area contributed by atoms with Gasteiger partial charge in [-0.15, -0.1) is 0 Å². The number of anilines is 3. The molecule has 1 saturated heterocycles. The minimum atomic E-state index is -4.44. The van der Waals surface area contributed by atoms with Gasteiger partial charge in [-0.25, -0.2) is 4.98 Å². The maximum absolute atomic E-state index is 13.0. The number of amides is 1. The molecule has 4 rings (SSSR count). The van der Waals surface area contributed by atoms with Crippen molar-refractivity contribution in [1.82, 2.24) is 4.98 Å². The number of aliphatic hydroxyl groups excluding tert-OH is 1. The second-order valence-electron chi connectivity index (χ2n) is 6.25. The van der Waals surface area contributed by atoms with Crippen molar-refractivity contribution >= 4 is 39.0 Å². The first-order chi connectivity index (χ1) is 12.3. The third kappa shape index (κ3) is 2.75. The Morgan fingerprint density at radius 3 is 2.50 bits per heavy atom. The molecule has 0 spiro atoms. The zero-order chi connectivity index (χ0) is 18.6. The Morgan fingerprint density at radius 2 is 1.85 bits per heavy atom. The van der Waals surface area contributed by atoms with Gasteiger partial charge in [0.05, 0.1) is 17.4 Å². The molecule has 1 N–H and O–H groups in total. The first-order valence-corrected chi connectivity index (χ1v) is 8.67. The third-order valence-electron chi connectivity index (χ3n) is 4.57. The molecule has 0 saturated carbocycles. The highest BCUT2D eigenvalue weighted by Gasteiger charge is 2.45. The van der Waals surface area contributed by atoms with Crippen LogP contribution in [0.4, 0.5) is 30.4 Å². The van der Waals surface area contributed by atoms with Crippen molar-refractivity contribution in [3.63, 3.8) is 0 Å². The summed E-state index contributed by atoms with van der Waals surface area (Å²) in [4.78, 5) is 20.5. The first kappa shape index (κ1) is 17.3. The van der Waals surface area contributed by atoms with Crippen LogP contribution in [0.3, 0.4) is 0 Å². The van der Waals surface area contributed by atoms with Crippen molar-refractivity contribution in [3.05, 3.63) is 46.6 Å². The second-order valence-corrected chi connectivity index (χ2v) is 7.07. The van der Waals surface area contributed by atoms with E-state index in [1.807, 2.05) is 0 Å². The molecule has 0 aliphatic carbocycles. The number of carbonyl (C=O) groups excluding carboxylic acids is 1. The third-order valence-corrected chi connectivity index (χ3v) is 5.01. The minimum Gasteiger partial charge on any atom is -0.391 e. The van der Waals surface area contributed by atoms with E-state index >= 15 is 0 Å². The van der Waals surface area contributed by atoms with E-state index in [2.05, 4.69) is 20.9 Å². The van der Waals surface area contributed by atoms with E-state index in [1.54, 1.807) is 17.0 Å². The van der Waals surface area contributed by atoms with Crippen molar-refractivity contribution in [3.8, 4) is 0 Å². The van der Waals surface area contributed by atoms with Crippen LogP contribution in [0.15, 0.2) is 41.0 Å². The predicted molar refractivity (Wildman–Crippen MR) is 92.3 cm³/mol. The van der Waals surface area contributed by atoms with Crippen LogP contribution in [0.2, 0.25) is 0 Å². The van der Waals surface area contributed by atoms with Gasteiger partial charge < -0.3 is 10.0 Å². The van der Waals surface area contributed by atoms with Gasteiger partial charge in [0, 0.05) is 18.7 Å². The number of fused-ring (bicyclic) bond motifs is 3. The Morgan fingerprint density at radius 1 is 1.15 bits per heavy atom. The summed E-state index contributed by atoms with van der Waals surface area (Å²) >= 11 is 3.30. The Kier molecular flexibility index (Phi) is 3.96. The summed E-state index contributed by atoms with van der Waals surface area (Å²) in [7, 11) is 0.